The number of fused-ring (bicyclic) bond motifs is 1. The minimum Gasteiger partial charge on any atom is -0.361 e. The smallest absolute Gasteiger partial charge is 0.275 e. The van der Waals surface area contributed by atoms with E-state index in [1.807, 2.05) is 42.6 Å². The number of ketones is 1. The molecule has 4 rings (SSSR count). The molecule has 156 valence electrons. The molecule has 6 heteroatoms. The predicted molar refractivity (Wildman–Crippen MR) is 119 cm³/mol. The highest BCUT2D eigenvalue weighted by Gasteiger charge is 2.22. The van der Waals surface area contributed by atoms with E-state index in [4.69, 9.17) is 0 Å². The lowest BCUT2D eigenvalue weighted by molar-refractivity contribution is -0.892. The number of quaternary nitrogens is 1. The number of anilines is 1. The van der Waals surface area contributed by atoms with Crippen LogP contribution in [0.15, 0.2) is 54.7 Å². The molecule has 2 heterocycles. The van der Waals surface area contributed by atoms with Crippen molar-refractivity contribution < 1.29 is 14.5 Å². The Hall–Kier alpha value is -3.12. The summed E-state index contributed by atoms with van der Waals surface area (Å²) in [6, 6.07) is 16.0. The number of hydrogen-bond acceptors (Lipinski definition) is 3. The van der Waals surface area contributed by atoms with E-state index in [0.29, 0.717) is 13.1 Å². The number of piperazine rings is 1. The third-order valence-electron chi connectivity index (χ3n) is 5.91. The lowest BCUT2D eigenvalue weighted by Gasteiger charge is -2.33. The lowest BCUT2D eigenvalue weighted by atomic mass is 10.1. The Kier molecular flexibility index (Phi) is 6.14. The fourth-order valence-electron chi connectivity index (χ4n) is 4.13. The zero-order valence-electron chi connectivity index (χ0n) is 17.4. The van der Waals surface area contributed by atoms with Gasteiger partial charge in [-0.15, -0.1) is 0 Å². The van der Waals surface area contributed by atoms with Gasteiger partial charge in [0.1, 0.15) is 0 Å². The van der Waals surface area contributed by atoms with Crippen LogP contribution in [0.5, 0.6) is 0 Å². The summed E-state index contributed by atoms with van der Waals surface area (Å²) in [5, 5.41) is 4.30. The van der Waals surface area contributed by atoms with Crippen molar-refractivity contribution in [1.82, 2.24) is 10.3 Å². The molecule has 0 aliphatic carbocycles. The van der Waals surface area contributed by atoms with E-state index >= 15 is 0 Å². The standard InChI is InChI=1S/C24H28N4O2/c1-18(29)19-6-8-21(9-7-19)28-14-12-27(13-15-28)17-24(30)25-11-10-20-16-26-23-5-3-2-4-22(20)23/h2-9,16,26H,10-15,17H2,1H3,(H,25,30)/p+1. The van der Waals surface area contributed by atoms with E-state index < -0.39 is 0 Å². The Balaban J connectivity index is 1.20. The number of aromatic nitrogens is 1. The summed E-state index contributed by atoms with van der Waals surface area (Å²) in [6.07, 6.45) is 2.86. The molecule has 1 fully saturated rings. The molecule has 1 saturated heterocycles. The Morgan fingerprint density at radius 1 is 1.07 bits per heavy atom. The number of aromatic amines is 1. The maximum absolute atomic E-state index is 12.4. The largest absolute Gasteiger partial charge is 0.361 e. The van der Waals surface area contributed by atoms with Gasteiger partial charge in [0.25, 0.3) is 5.91 Å². The summed E-state index contributed by atoms with van der Waals surface area (Å²) in [7, 11) is 0. The van der Waals surface area contributed by atoms with Gasteiger partial charge in [-0.1, -0.05) is 18.2 Å². The number of rotatable bonds is 7. The molecule has 0 spiro atoms. The van der Waals surface area contributed by atoms with Gasteiger partial charge in [0.2, 0.25) is 0 Å². The van der Waals surface area contributed by atoms with Gasteiger partial charge >= 0.3 is 0 Å². The van der Waals surface area contributed by atoms with Gasteiger partial charge in [-0.05, 0) is 49.2 Å². The van der Waals surface area contributed by atoms with Crippen molar-refractivity contribution in [2.24, 2.45) is 0 Å². The number of nitrogens with zero attached hydrogens (tertiary/aromatic N) is 1. The average Bonchev–Trinajstić information content (AvgIpc) is 3.17. The molecule has 1 aliphatic rings. The first kappa shape index (κ1) is 20.2. The first-order chi connectivity index (χ1) is 14.6. The molecule has 1 aliphatic heterocycles. The summed E-state index contributed by atoms with van der Waals surface area (Å²) in [5.41, 5.74) is 4.26. The van der Waals surface area contributed by atoms with Gasteiger partial charge in [-0.25, -0.2) is 0 Å². The molecule has 3 aromatic rings. The number of nitrogens with one attached hydrogen (secondary N) is 3. The summed E-state index contributed by atoms with van der Waals surface area (Å²) in [6.45, 7) is 6.46. The molecule has 3 N–H and O–H groups in total. The summed E-state index contributed by atoms with van der Waals surface area (Å²) in [5.74, 6) is 0.204. The van der Waals surface area contributed by atoms with Gasteiger partial charge in [-0.2, -0.15) is 0 Å². The van der Waals surface area contributed by atoms with Gasteiger partial charge < -0.3 is 20.1 Å². The fourth-order valence-corrected chi connectivity index (χ4v) is 4.13. The number of hydrogen-bond donors (Lipinski definition) is 3. The van der Waals surface area contributed by atoms with Gasteiger partial charge in [0, 0.05) is 34.9 Å². The van der Waals surface area contributed by atoms with E-state index in [-0.39, 0.29) is 11.7 Å². The maximum Gasteiger partial charge on any atom is 0.275 e. The van der Waals surface area contributed by atoms with Gasteiger partial charge in [0.15, 0.2) is 12.3 Å². The molecule has 0 radical (unpaired) electrons. The molecule has 1 amide bonds. The van der Waals surface area contributed by atoms with Crippen LogP contribution in [0.2, 0.25) is 0 Å². The van der Waals surface area contributed by atoms with Crippen molar-refractivity contribution in [1.29, 1.82) is 0 Å². The molecular weight excluding hydrogens is 376 g/mol. The third kappa shape index (κ3) is 4.71. The quantitative estimate of drug-likeness (QED) is 0.521. The second-order valence-corrected chi connectivity index (χ2v) is 7.98. The average molecular weight is 406 g/mol. The molecule has 30 heavy (non-hydrogen) atoms. The van der Waals surface area contributed by atoms with Crippen LogP contribution in [0, 0.1) is 0 Å². The van der Waals surface area contributed by atoms with Crippen LogP contribution < -0.4 is 15.1 Å². The van der Waals surface area contributed by atoms with E-state index in [1.54, 1.807) is 6.92 Å². The van der Waals surface area contributed by atoms with E-state index in [1.165, 1.54) is 15.8 Å². The number of carbonyl (C=O) groups excluding carboxylic acids is 2. The van der Waals surface area contributed by atoms with Crippen molar-refractivity contribution >= 4 is 28.3 Å². The van der Waals surface area contributed by atoms with Crippen LogP contribution in [0.1, 0.15) is 22.8 Å². The molecule has 0 unspecified atom stereocenters. The molecule has 0 saturated carbocycles. The molecule has 0 atom stereocenters. The normalized spacial score (nSPS) is 14.8. The topological polar surface area (TPSA) is 69.6 Å². The number of amides is 1. The number of carbonyl (C=O) groups is 2. The van der Waals surface area contributed by atoms with E-state index in [9.17, 15) is 9.59 Å². The van der Waals surface area contributed by atoms with Crippen LogP contribution in [0.4, 0.5) is 5.69 Å². The monoisotopic (exact) mass is 405 g/mol. The first-order valence-electron chi connectivity index (χ1n) is 10.6. The number of para-hydroxylation sites is 1. The number of H-pyrrole nitrogens is 1. The first-order valence-corrected chi connectivity index (χ1v) is 10.6. The lowest BCUT2D eigenvalue weighted by Crippen LogP contribution is -3.16. The zero-order chi connectivity index (χ0) is 20.9. The van der Waals surface area contributed by atoms with Crippen molar-refractivity contribution in [3.05, 3.63) is 65.9 Å². The second kappa shape index (κ2) is 9.13. The van der Waals surface area contributed by atoms with Crippen molar-refractivity contribution in [2.45, 2.75) is 13.3 Å². The van der Waals surface area contributed by atoms with Gasteiger partial charge in [0.05, 0.1) is 26.2 Å². The molecule has 2 aromatic carbocycles. The van der Waals surface area contributed by atoms with Crippen molar-refractivity contribution in [3.63, 3.8) is 0 Å². The van der Waals surface area contributed by atoms with Crippen LogP contribution in [-0.2, 0) is 11.2 Å². The van der Waals surface area contributed by atoms with Crippen LogP contribution in [-0.4, -0.2) is 55.9 Å². The highest BCUT2D eigenvalue weighted by molar-refractivity contribution is 5.94. The molecule has 6 nitrogen and oxygen atoms in total. The maximum atomic E-state index is 12.4. The highest BCUT2D eigenvalue weighted by Crippen LogP contribution is 2.18. The zero-order valence-corrected chi connectivity index (χ0v) is 17.4. The van der Waals surface area contributed by atoms with Crippen LogP contribution in [0.3, 0.4) is 0 Å². The van der Waals surface area contributed by atoms with Crippen molar-refractivity contribution in [3.8, 4) is 0 Å². The van der Waals surface area contributed by atoms with Crippen LogP contribution >= 0.6 is 0 Å². The Morgan fingerprint density at radius 3 is 2.53 bits per heavy atom. The van der Waals surface area contributed by atoms with E-state index in [2.05, 4.69) is 27.3 Å². The summed E-state index contributed by atoms with van der Waals surface area (Å²) in [4.78, 5) is 30.7. The van der Waals surface area contributed by atoms with Crippen molar-refractivity contribution in [2.75, 3.05) is 44.2 Å². The Morgan fingerprint density at radius 2 is 1.80 bits per heavy atom. The highest BCUT2D eigenvalue weighted by atomic mass is 16.2. The SMILES string of the molecule is CC(=O)c1ccc(N2CC[NH+](CC(=O)NCCc3c[nH]c4ccccc34)CC2)cc1. The third-order valence-corrected chi connectivity index (χ3v) is 5.91. The summed E-state index contributed by atoms with van der Waals surface area (Å²) < 4.78 is 0. The second-order valence-electron chi connectivity index (χ2n) is 7.98. The minimum absolute atomic E-state index is 0.0894. The number of Topliss-reactive ketones (excluding diaryl/α,β-unsaturated/α-hetero) is 1. The molecule has 0 bridgehead atoms. The minimum atomic E-state index is 0.0894. The molecular formula is C24H29N4O2+. The number of benzene rings is 2. The fraction of sp³-hybridized carbons (Fsp3) is 0.333. The molecule has 1 aromatic heterocycles. The van der Waals surface area contributed by atoms with Crippen LogP contribution in [0.25, 0.3) is 10.9 Å². The summed E-state index contributed by atoms with van der Waals surface area (Å²) >= 11 is 0. The van der Waals surface area contributed by atoms with Gasteiger partial charge in [-0.3, -0.25) is 9.59 Å². The van der Waals surface area contributed by atoms with E-state index in [0.717, 1.165) is 49.4 Å². The predicted octanol–water partition coefficient (Wildman–Crippen LogP) is 1.43. The Labute approximate surface area is 176 Å². The Bertz CT molecular complexity index is 1020.